The fourth-order valence-corrected chi connectivity index (χ4v) is 3.43. The van der Waals surface area contributed by atoms with E-state index in [1.54, 1.807) is 22.9 Å². The number of carbonyl (C=O) groups excluding carboxylic acids is 3. The molecular formula is C25H29N5O4. The second-order valence-electron chi connectivity index (χ2n) is 8.00. The van der Waals surface area contributed by atoms with Gasteiger partial charge in [0.1, 0.15) is 0 Å². The molecule has 0 aliphatic rings. The third-order valence-electron chi connectivity index (χ3n) is 5.14. The highest BCUT2D eigenvalue weighted by Gasteiger charge is 2.19. The first-order valence-electron chi connectivity index (χ1n) is 11.1. The van der Waals surface area contributed by atoms with E-state index in [2.05, 4.69) is 15.4 Å². The standard InChI is InChI=1S/C25H29N5O4/c1-5-12-29(15-23(31)27-21-9-7-6-8-17(21)2)24(32)16-34-25(33)20-10-11-22(26-14-20)30-19(4)13-18(3)28-30/h6-11,13-14H,5,12,15-16H2,1-4H3,(H,27,31). The number of ether oxygens (including phenoxy) is 1. The monoisotopic (exact) mass is 463 g/mol. The molecule has 178 valence electrons. The number of aromatic nitrogens is 3. The Morgan fingerprint density at radius 3 is 2.47 bits per heavy atom. The minimum atomic E-state index is -0.665. The Balaban J connectivity index is 1.56. The van der Waals surface area contributed by atoms with Crippen molar-refractivity contribution in [2.45, 2.75) is 34.1 Å². The lowest BCUT2D eigenvalue weighted by molar-refractivity contribution is -0.137. The largest absolute Gasteiger partial charge is 0.452 e. The molecule has 1 aromatic carbocycles. The summed E-state index contributed by atoms with van der Waals surface area (Å²) in [6.07, 6.45) is 2.05. The number of aryl methyl sites for hydroxylation is 3. The van der Waals surface area contributed by atoms with Gasteiger partial charge in [0.15, 0.2) is 12.4 Å². The van der Waals surface area contributed by atoms with Crippen molar-refractivity contribution in [1.82, 2.24) is 19.7 Å². The van der Waals surface area contributed by atoms with Crippen molar-refractivity contribution < 1.29 is 19.1 Å². The molecule has 2 amide bonds. The summed E-state index contributed by atoms with van der Waals surface area (Å²) < 4.78 is 6.86. The van der Waals surface area contributed by atoms with Crippen LogP contribution in [0.3, 0.4) is 0 Å². The van der Waals surface area contributed by atoms with Gasteiger partial charge in [-0.3, -0.25) is 9.59 Å². The van der Waals surface area contributed by atoms with E-state index in [0.29, 0.717) is 24.5 Å². The van der Waals surface area contributed by atoms with Crippen LogP contribution in [0.1, 0.15) is 40.7 Å². The summed E-state index contributed by atoms with van der Waals surface area (Å²) in [5, 5.41) is 7.17. The van der Waals surface area contributed by atoms with E-state index in [1.807, 2.05) is 52.0 Å². The number of pyridine rings is 1. The van der Waals surface area contributed by atoms with Gasteiger partial charge in [-0.25, -0.2) is 14.5 Å². The molecular weight excluding hydrogens is 434 g/mol. The summed E-state index contributed by atoms with van der Waals surface area (Å²) in [7, 11) is 0. The lowest BCUT2D eigenvalue weighted by Crippen LogP contribution is -2.40. The summed E-state index contributed by atoms with van der Waals surface area (Å²) in [6, 6.07) is 12.6. The summed E-state index contributed by atoms with van der Waals surface area (Å²) in [6.45, 7) is 7.38. The summed E-state index contributed by atoms with van der Waals surface area (Å²) in [5.74, 6) is -0.845. The van der Waals surface area contributed by atoms with Crippen LogP contribution in [0.25, 0.3) is 5.82 Å². The van der Waals surface area contributed by atoms with Crippen molar-refractivity contribution in [3.05, 3.63) is 71.2 Å². The van der Waals surface area contributed by atoms with Crippen LogP contribution in [-0.4, -0.2) is 57.1 Å². The Morgan fingerprint density at radius 2 is 1.85 bits per heavy atom. The van der Waals surface area contributed by atoms with Crippen molar-refractivity contribution in [1.29, 1.82) is 0 Å². The summed E-state index contributed by atoms with van der Waals surface area (Å²) in [5.41, 5.74) is 3.63. The number of nitrogens with one attached hydrogen (secondary N) is 1. The molecule has 0 unspecified atom stereocenters. The van der Waals surface area contributed by atoms with Crippen molar-refractivity contribution in [2.24, 2.45) is 0 Å². The molecule has 3 aromatic rings. The molecule has 9 nitrogen and oxygen atoms in total. The zero-order valence-corrected chi connectivity index (χ0v) is 19.9. The first-order valence-corrected chi connectivity index (χ1v) is 11.1. The first kappa shape index (κ1) is 24.6. The molecule has 0 spiro atoms. The number of anilines is 1. The van der Waals surface area contributed by atoms with Gasteiger partial charge in [-0.1, -0.05) is 25.1 Å². The van der Waals surface area contributed by atoms with Gasteiger partial charge in [-0.05, 0) is 57.0 Å². The highest BCUT2D eigenvalue weighted by Crippen LogP contribution is 2.13. The van der Waals surface area contributed by atoms with Crippen LogP contribution in [0, 0.1) is 20.8 Å². The fraction of sp³-hybridized carbons (Fsp3) is 0.320. The van der Waals surface area contributed by atoms with Gasteiger partial charge >= 0.3 is 5.97 Å². The minimum absolute atomic E-state index is 0.128. The highest BCUT2D eigenvalue weighted by atomic mass is 16.5. The van der Waals surface area contributed by atoms with Crippen molar-refractivity contribution >= 4 is 23.5 Å². The van der Waals surface area contributed by atoms with Gasteiger partial charge in [0.25, 0.3) is 5.91 Å². The van der Waals surface area contributed by atoms with E-state index in [0.717, 1.165) is 17.0 Å². The molecule has 0 radical (unpaired) electrons. The van der Waals surface area contributed by atoms with Crippen molar-refractivity contribution in [3.8, 4) is 5.82 Å². The molecule has 0 atom stereocenters. The molecule has 34 heavy (non-hydrogen) atoms. The molecule has 0 saturated carbocycles. The molecule has 9 heteroatoms. The molecule has 0 aliphatic heterocycles. The zero-order valence-electron chi connectivity index (χ0n) is 19.9. The molecule has 3 rings (SSSR count). The third kappa shape index (κ3) is 6.28. The quantitative estimate of drug-likeness (QED) is 0.489. The Labute approximate surface area is 198 Å². The number of esters is 1. The topological polar surface area (TPSA) is 106 Å². The van der Waals surface area contributed by atoms with Crippen LogP contribution in [0.15, 0.2) is 48.7 Å². The number of carbonyl (C=O) groups is 3. The van der Waals surface area contributed by atoms with Crippen molar-refractivity contribution in [2.75, 3.05) is 25.0 Å². The highest BCUT2D eigenvalue weighted by molar-refractivity contribution is 5.96. The van der Waals surface area contributed by atoms with Gasteiger partial charge in [-0.15, -0.1) is 0 Å². The average Bonchev–Trinajstić information content (AvgIpc) is 3.16. The summed E-state index contributed by atoms with van der Waals surface area (Å²) >= 11 is 0. The zero-order chi connectivity index (χ0) is 24.7. The second-order valence-corrected chi connectivity index (χ2v) is 8.00. The average molecular weight is 464 g/mol. The van der Waals surface area contributed by atoms with E-state index in [1.165, 1.54) is 11.1 Å². The van der Waals surface area contributed by atoms with E-state index < -0.39 is 18.5 Å². The van der Waals surface area contributed by atoms with Gasteiger partial charge < -0.3 is 15.0 Å². The van der Waals surface area contributed by atoms with Crippen LogP contribution < -0.4 is 5.32 Å². The number of benzene rings is 1. The number of para-hydroxylation sites is 1. The number of amides is 2. The first-order chi connectivity index (χ1) is 16.3. The van der Waals surface area contributed by atoms with Crippen LogP contribution in [0.2, 0.25) is 0 Å². The maximum atomic E-state index is 12.6. The van der Waals surface area contributed by atoms with Gasteiger partial charge in [0, 0.05) is 24.1 Å². The van der Waals surface area contributed by atoms with Crippen LogP contribution >= 0.6 is 0 Å². The third-order valence-corrected chi connectivity index (χ3v) is 5.14. The predicted octanol–water partition coefficient (Wildman–Crippen LogP) is 3.23. The van der Waals surface area contributed by atoms with Gasteiger partial charge in [0.2, 0.25) is 5.91 Å². The van der Waals surface area contributed by atoms with E-state index in [4.69, 9.17) is 4.74 Å². The predicted molar refractivity (Wildman–Crippen MR) is 128 cm³/mol. The Kier molecular flexibility index (Phi) is 8.13. The number of nitrogens with zero attached hydrogens (tertiary/aromatic N) is 4. The molecule has 0 fully saturated rings. The van der Waals surface area contributed by atoms with E-state index in [-0.39, 0.29) is 18.0 Å². The molecule has 0 saturated heterocycles. The molecule has 0 bridgehead atoms. The van der Waals surface area contributed by atoms with Crippen LogP contribution in [0.4, 0.5) is 5.69 Å². The summed E-state index contributed by atoms with van der Waals surface area (Å²) in [4.78, 5) is 43.2. The van der Waals surface area contributed by atoms with E-state index >= 15 is 0 Å². The molecule has 0 aliphatic carbocycles. The van der Waals surface area contributed by atoms with Crippen LogP contribution in [-0.2, 0) is 14.3 Å². The normalized spacial score (nSPS) is 10.6. The number of hydrogen-bond donors (Lipinski definition) is 1. The molecule has 2 aromatic heterocycles. The Bertz CT molecular complexity index is 1170. The second kappa shape index (κ2) is 11.2. The fourth-order valence-electron chi connectivity index (χ4n) is 3.43. The van der Waals surface area contributed by atoms with Gasteiger partial charge in [-0.2, -0.15) is 5.10 Å². The van der Waals surface area contributed by atoms with Crippen molar-refractivity contribution in [3.63, 3.8) is 0 Å². The van der Waals surface area contributed by atoms with Crippen LogP contribution in [0.5, 0.6) is 0 Å². The Morgan fingerprint density at radius 1 is 1.09 bits per heavy atom. The SMILES string of the molecule is CCCN(CC(=O)Nc1ccccc1C)C(=O)COC(=O)c1ccc(-n2nc(C)cc2C)nc1. The Hall–Kier alpha value is -4.01. The minimum Gasteiger partial charge on any atom is -0.452 e. The molecule has 1 N–H and O–H groups in total. The maximum Gasteiger partial charge on any atom is 0.340 e. The van der Waals surface area contributed by atoms with E-state index in [9.17, 15) is 14.4 Å². The smallest absolute Gasteiger partial charge is 0.340 e. The maximum absolute atomic E-state index is 12.6. The lowest BCUT2D eigenvalue weighted by atomic mass is 10.2. The molecule has 2 heterocycles. The van der Waals surface area contributed by atoms with Gasteiger partial charge in [0.05, 0.1) is 17.8 Å². The lowest BCUT2D eigenvalue weighted by Gasteiger charge is -2.21. The number of rotatable bonds is 9. The number of hydrogen-bond acceptors (Lipinski definition) is 6.